The second-order valence-electron chi connectivity index (χ2n) is 6.25. The standard InChI is InChI=1S/C20H22N2O3S/c1-14(15-5-4-6-16(23)13-15)21-19(24)9-10-20(25)22-11-12-26-18-8-3-2-7-17(18)22/h2-8,13-14,23H,9-12H2,1H3,(H,21,24)/t14-/m1/s1. The molecule has 0 aliphatic carbocycles. The monoisotopic (exact) mass is 370 g/mol. The second kappa shape index (κ2) is 8.27. The van der Waals surface area contributed by atoms with Gasteiger partial charge in [-0.2, -0.15) is 0 Å². The highest BCUT2D eigenvalue weighted by Crippen LogP contribution is 2.34. The summed E-state index contributed by atoms with van der Waals surface area (Å²) in [5.41, 5.74) is 1.76. The number of benzene rings is 2. The molecular formula is C20H22N2O3S. The van der Waals surface area contributed by atoms with Crippen LogP contribution < -0.4 is 10.2 Å². The van der Waals surface area contributed by atoms with E-state index in [9.17, 15) is 14.7 Å². The van der Waals surface area contributed by atoms with Crippen molar-refractivity contribution in [3.8, 4) is 5.75 Å². The molecule has 0 fully saturated rings. The lowest BCUT2D eigenvalue weighted by Crippen LogP contribution is -2.36. The molecule has 0 saturated carbocycles. The van der Waals surface area contributed by atoms with Crippen LogP contribution in [0, 0.1) is 0 Å². The number of thioether (sulfide) groups is 1. The van der Waals surface area contributed by atoms with Crippen LogP contribution in [0.4, 0.5) is 5.69 Å². The molecule has 6 heteroatoms. The number of rotatable bonds is 5. The van der Waals surface area contributed by atoms with E-state index in [1.807, 2.05) is 37.3 Å². The summed E-state index contributed by atoms with van der Waals surface area (Å²) in [4.78, 5) is 27.6. The van der Waals surface area contributed by atoms with Crippen molar-refractivity contribution in [2.45, 2.75) is 30.7 Å². The van der Waals surface area contributed by atoms with Gasteiger partial charge in [0.05, 0.1) is 11.7 Å². The Kier molecular flexibility index (Phi) is 5.83. The van der Waals surface area contributed by atoms with Crippen molar-refractivity contribution < 1.29 is 14.7 Å². The summed E-state index contributed by atoms with van der Waals surface area (Å²) in [6.07, 6.45) is 0.325. The van der Waals surface area contributed by atoms with Crippen LogP contribution in [-0.4, -0.2) is 29.2 Å². The van der Waals surface area contributed by atoms with E-state index in [0.717, 1.165) is 21.9 Å². The number of nitrogens with one attached hydrogen (secondary N) is 1. The maximum atomic E-state index is 12.6. The number of phenols is 1. The fourth-order valence-corrected chi connectivity index (χ4v) is 3.97. The SMILES string of the molecule is C[C@@H](NC(=O)CCC(=O)N1CCSc2ccccc21)c1cccc(O)c1. The first-order valence-electron chi connectivity index (χ1n) is 8.65. The highest BCUT2D eigenvalue weighted by atomic mass is 32.2. The van der Waals surface area contributed by atoms with Gasteiger partial charge in [0.2, 0.25) is 11.8 Å². The molecule has 0 unspecified atom stereocenters. The fraction of sp³-hybridized carbons (Fsp3) is 0.300. The molecule has 136 valence electrons. The van der Waals surface area contributed by atoms with Crippen molar-refractivity contribution in [1.82, 2.24) is 5.32 Å². The number of para-hydroxylation sites is 1. The average Bonchev–Trinajstić information content (AvgIpc) is 2.65. The van der Waals surface area contributed by atoms with Crippen LogP contribution in [0.1, 0.15) is 31.4 Å². The molecule has 26 heavy (non-hydrogen) atoms. The summed E-state index contributed by atoms with van der Waals surface area (Å²) in [5.74, 6) is 0.830. The Hall–Kier alpha value is -2.47. The molecule has 2 amide bonds. The number of phenolic OH excluding ortho intramolecular Hbond substituents is 1. The number of amides is 2. The summed E-state index contributed by atoms with van der Waals surface area (Å²) in [5, 5.41) is 12.4. The molecule has 2 N–H and O–H groups in total. The number of aromatic hydroxyl groups is 1. The molecule has 0 spiro atoms. The zero-order valence-electron chi connectivity index (χ0n) is 14.6. The highest BCUT2D eigenvalue weighted by molar-refractivity contribution is 7.99. The summed E-state index contributed by atoms with van der Waals surface area (Å²) in [7, 11) is 0. The van der Waals surface area contributed by atoms with Gasteiger partial charge in [-0.15, -0.1) is 11.8 Å². The quantitative estimate of drug-likeness (QED) is 0.845. The number of anilines is 1. The van der Waals surface area contributed by atoms with Gasteiger partial charge in [-0.3, -0.25) is 9.59 Å². The number of hydrogen-bond acceptors (Lipinski definition) is 4. The molecule has 1 heterocycles. The Labute approximate surface area is 157 Å². The fourth-order valence-electron chi connectivity index (χ4n) is 2.98. The lowest BCUT2D eigenvalue weighted by Gasteiger charge is -2.29. The molecule has 1 atom stereocenters. The highest BCUT2D eigenvalue weighted by Gasteiger charge is 2.23. The van der Waals surface area contributed by atoms with Crippen molar-refractivity contribution in [1.29, 1.82) is 0 Å². The van der Waals surface area contributed by atoms with E-state index in [1.165, 1.54) is 0 Å². The Balaban J connectivity index is 1.54. The minimum absolute atomic E-state index is 0.0297. The number of nitrogens with zero attached hydrogens (tertiary/aromatic N) is 1. The largest absolute Gasteiger partial charge is 0.508 e. The van der Waals surface area contributed by atoms with Crippen molar-refractivity contribution in [3.63, 3.8) is 0 Å². The van der Waals surface area contributed by atoms with E-state index in [-0.39, 0.29) is 36.4 Å². The normalized spacial score (nSPS) is 14.4. The van der Waals surface area contributed by atoms with E-state index in [4.69, 9.17) is 0 Å². The predicted octanol–water partition coefficient (Wildman–Crippen LogP) is 3.49. The van der Waals surface area contributed by atoms with Crippen LogP contribution in [0.2, 0.25) is 0 Å². The molecule has 0 radical (unpaired) electrons. The summed E-state index contributed by atoms with van der Waals surface area (Å²) in [6, 6.07) is 14.4. The summed E-state index contributed by atoms with van der Waals surface area (Å²) >= 11 is 1.75. The Morgan fingerprint density at radius 1 is 1.19 bits per heavy atom. The molecule has 0 aromatic heterocycles. The molecule has 1 aliphatic rings. The number of fused-ring (bicyclic) bond motifs is 1. The molecular weight excluding hydrogens is 348 g/mol. The first kappa shape index (κ1) is 18.3. The molecule has 2 aromatic carbocycles. The number of hydrogen-bond donors (Lipinski definition) is 2. The lowest BCUT2D eigenvalue weighted by molar-refractivity contribution is -0.125. The summed E-state index contributed by atoms with van der Waals surface area (Å²) < 4.78 is 0. The van der Waals surface area contributed by atoms with Gasteiger partial charge < -0.3 is 15.3 Å². The van der Waals surface area contributed by atoms with Gasteiger partial charge in [0.1, 0.15) is 5.75 Å². The smallest absolute Gasteiger partial charge is 0.227 e. The Morgan fingerprint density at radius 3 is 2.81 bits per heavy atom. The zero-order chi connectivity index (χ0) is 18.5. The van der Waals surface area contributed by atoms with Gasteiger partial charge in [-0.1, -0.05) is 24.3 Å². The topological polar surface area (TPSA) is 69.6 Å². The van der Waals surface area contributed by atoms with E-state index in [2.05, 4.69) is 5.32 Å². The van der Waals surface area contributed by atoms with Crippen molar-refractivity contribution in [3.05, 3.63) is 54.1 Å². The third-order valence-electron chi connectivity index (χ3n) is 4.34. The van der Waals surface area contributed by atoms with Crippen LogP contribution in [0.5, 0.6) is 5.75 Å². The minimum atomic E-state index is -0.225. The number of carbonyl (C=O) groups excluding carboxylic acids is 2. The second-order valence-corrected chi connectivity index (χ2v) is 7.38. The van der Waals surface area contributed by atoms with E-state index >= 15 is 0 Å². The van der Waals surface area contributed by atoms with Crippen molar-refractivity contribution >= 4 is 29.3 Å². The van der Waals surface area contributed by atoms with Gasteiger partial charge in [0.15, 0.2) is 0 Å². The zero-order valence-corrected chi connectivity index (χ0v) is 15.5. The predicted molar refractivity (Wildman–Crippen MR) is 103 cm³/mol. The maximum absolute atomic E-state index is 12.6. The van der Waals surface area contributed by atoms with Gasteiger partial charge in [-0.25, -0.2) is 0 Å². The molecule has 0 saturated heterocycles. The van der Waals surface area contributed by atoms with Crippen LogP contribution in [0.25, 0.3) is 0 Å². The maximum Gasteiger partial charge on any atom is 0.227 e. The van der Waals surface area contributed by atoms with Crippen LogP contribution in [0.3, 0.4) is 0 Å². The van der Waals surface area contributed by atoms with Crippen LogP contribution in [-0.2, 0) is 9.59 Å². The van der Waals surface area contributed by atoms with Gasteiger partial charge in [0.25, 0.3) is 0 Å². The van der Waals surface area contributed by atoms with Crippen molar-refractivity contribution in [2.24, 2.45) is 0 Å². The molecule has 3 rings (SSSR count). The lowest BCUT2D eigenvalue weighted by atomic mass is 10.1. The first-order chi connectivity index (χ1) is 12.5. The average molecular weight is 370 g/mol. The van der Waals surface area contributed by atoms with Gasteiger partial charge >= 0.3 is 0 Å². The third kappa shape index (κ3) is 4.38. The molecule has 5 nitrogen and oxygen atoms in total. The van der Waals surface area contributed by atoms with Crippen LogP contribution >= 0.6 is 11.8 Å². The van der Waals surface area contributed by atoms with Crippen LogP contribution in [0.15, 0.2) is 53.4 Å². The third-order valence-corrected chi connectivity index (χ3v) is 5.39. The van der Waals surface area contributed by atoms with Crippen molar-refractivity contribution in [2.75, 3.05) is 17.2 Å². The number of carbonyl (C=O) groups is 2. The first-order valence-corrected chi connectivity index (χ1v) is 9.63. The van der Waals surface area contributed by atoms with Gasteiger partial charge in [-0.05, 0) is 36.8 Å². The van der Waals surface area contributed by atoms with E-state index in [0.29, 0.717) is 6.54 Å². The molecule has 1 aliphatic heterocycles. The minimum Gasteiger partial charge on any atom is -0.508 e. The van der Waals surface area contributed by atoms with E-state index < -0.39 is 0 Å². The Bertz CT molecular complexity index is 809. The molecule has 2 aromatic rings. The van der Waals surface area contributed by atoms with Gasteiger partial charge in [0, 0.05) is 30.0 Å². The molecule has 0 bridgehead atoms. The van der Waals surface area contributed by atoms with E-state index in [1.54, 1.807) is 34.9 Å². The summed E-state index contributed by atoms with van der Waals surface area (Å²) in [6.45, 7) is 2.52. The Morgan fingerprint density at radius 2 is 2.00 bits per heavy atom.